The molecule has 1 heterocycles. The van der Waals surface area contributed by atoms with E-state index in [9.17, 15) is 9.59 Å². The lowest BCUT2D eigenvalue weighted by Gasteiger charge is -2.19. The van der Waals surface area contributed by atoms with E-state index in [1.54, 1.807) is 18.3 Å². The van der Waals surface area contributed by atoms with Crippen molar-refractivity contribution in [3.05, 3.63) is 53.1 Å². The lowest BCUT2D eigenvalue weighted by molar-refractivity contribution is -0.118. The zero-order chi connectivity index (χ0) is 17.5. The third kappa shape index (κ3) is 4.99. The zero-order valence-corrected chi connectivity index (χ0v) is 14.3. The fraction of sp³-hybridized carbons (Fsp3) is 0.312. The Labute approximate surface area is 145 Å². The first-order valence-electron chi connectivity index (χ1n) is 7.49. The van der Waals surface area contributed by atoms with Gasteiger partial charge in [0.05, 0.1) is 0 Å². The van der Waals surface area contributed by atoms with Crippen LogP contribution in [0.1, 0.15) is 24.4 Å². The van der Waals surface area contributed by atoms with Crippen molar-refractivity contribution in [2.45, 2.75) is 13.0 Å². The van der Waals surface area contributed by atoms with Crippen LogP contribution in [-0.4, -0.2) is 34.6 Å². The molecule has 1 aromatic heterocycles. The van der Waals surface area contributed by atoms with E-state index in [1.807, 2.05) is 29.9 Å². The van der Waals surface area contributed by atoms with Gasteiger partial charge >= 0.3 is 6.03 Å². The number of nitrogens with one attached hydrogen (secondary N) is 3. The monoisotopic (exact) mass is 349 g/mol. The number of hydrogen-bond acceptors (Lipinski definition) is 3. The molecule has 0 aliphatic carbocycles. The molecular formula is C16H20ClN5O2. The highest BCUT2D eigenvalue weighted by molar-refractivity contribution is 6.30. The molecule has 3 amide bonds. The molecule has 1 aromatic carbocycles. The minimum atomic E-state index is -0.414. The quantitative estimate of drug-likeness (QED) is 0.692. The average Bonchev–Trinajstić information content (AvgIpc) is 2.96. The van der Waals surface area contributed by atoms with Gasteiger partial charge in [0.25, 0.3) is 0 Å². The fourth-order valence-electron chi connectivity index (χ4n) is 2.20. The van der Waals surface area contributed by atoms with E-state index in [4.69, 9.17) is 11.6 Å². The van der Waals surface area contributed by atoms with Crippen LogP contribution in [-0.2, 0) is 11.8 Å². The number of urea groups is 1. The number of nitrogens with zero attached hydrogens (tertiary/aromatic N) is 2. The number of imidazole rings is 1. The van der Waals surface area contributed by atoms with Crippen molar-refractivity contribution >= 4 is 23.5 Å². The predicted octanol–water partition coefficient (Wildman–Crippen LogP) is 1.60. The van der Waals surface area contributed by atoms with Gasteiger partial charge in [0, 0.05) is 44.5 Å². The Balaban J connectivity index is 2.07. The topological polar surface area (TPSA) is 88.1 Å². The summed E-state index contributed by atoms with van der Waals surface area (Å²) in [6.07, 6.45) is 3.49. The number of halogens is 1. The van der Waals surface area contributed by atoms with Crippen LogP contribution < -0.4 is 16.0 Å². The summed E-state index contributed by atoms with van der Waals surface area (Å²) in [6.45, 7) is 2.13. The summed E-state index contributed by atoms with van der Waals surface area (Å²) in [5.74, 6) is 0.568. The number of amides is 3. The summed E-state index contributed by atoms with van der Waals surface area (Å²) in [5, 5.41) is 8.84. The molecule has 8 heteroatoms. The zero-order valence-electron chi connectivity index (χ0n) is 13.5. The molecule has 0 bridgehead atoms. The molecule has 0 saturated carbocycles. The normalized spacial score (nSPS) is 11.6. The van der Waals surface area contributed by atoms with Crippen molar-refractivity contribution in [3.63, 3.8) is 0 Å². The summed E-state index contributed by atoms with van der Waals surface area (Å²) in [4.78, 5) is 27.3. The Hall–Kier alpha value is -2.54. The summed E-state index contributed by atoms with van der Waals surface area (Å²) in [6, 6.07) is 6.47. The summed E-state index contributed by atoms with van der Waals surface area (Å²) in [5.41, 5.74) is 0.866. The highest BCUT2D eigenvalue weighted by Gasteiger charge is 2.20. The van der Waals surface area contributed by atoms with Crippen molar-refractivity contribution in [1.29, 1.82) is 0 Å². The maximum Gasteiger partial charge on any atom is 0.315 e. The van der Waals surface area contributed by atoms with Crippen molar-refractivity contribution in [3.8, 4) is 0 Å². The second-order valence-corrected chi connectivity index (χ2v) is 5.70. The summed E-state index contributed by atoms with van der Waals surface area (Å²) >= 11 is 5.93. The highest BCUT2D eigenvalue weighted by atomic mass is 35.5. The van der Waals surface area contributed by atoms with E-state index in [0.29, 0.717) is 23.9 Å². The van der Waals surface area contributed by atoms with Gasteiger partial charge in [-0.25, -0.2) is 9.78 Å². The van der Waals surface area contributed by atoms with Crippen LogP contribution in [0.3, 0.4) is 0 Å². The van der Waals surface area contributed by atoms with Crippen molar-refractivity contribution in [2.24, 2.45) is 7.05 Å². The Morgan fingerprint density at radius 2 is 1.88 bits per heavy atom. The van der Waals surface area contributed by atoms with Gasteiger partial charge in [-0.2, -0.15) is 0 Å². The van der Waals surface area contributed by atoms with Crippen LogP contribution in [0.4, 0.5) is 4.79 Å². The first-order valence-corrected chi connectivity index (χ1v) is 7.86. The molecule has 3 N–H and O–H groups in total. The van der Waals surface area contributed by atoms with Crippen LogP contribution in [0.2, 0.25) is 5.02 Å². The number of benzene rings is 1. The van der Waals surface area contributed by atoms with Crippen LogP contribution in [0, 0.1) is 0 Å². The van der Waals surface area contributed by atoms with E-state index in [-0.39, 0.29) is 11.9 Å². The molecule has 0 radical (unpaired) electrons. The molecule has 0 fully saturated rings. The van der Waals surface area contributed by atoms with Crippen molar-refractivity contribution in [2.75, 3.05) is 13.1 Å². The van der Waals surface area contributed by atoms with Gasteiger partial charge in [0.15, 0.2) is 0 Å². The molecule has 0 saturated heterocycles. The number of rotatable bonds is 6. The van der Waals surface area contributed by atoms with Crippen molar-refractivity contribution in [1.82, 2.24) is 25.5 Å². The van der Waals surface area contributed by atoms with Gasteiger partial charge in [0.2, 0.25) is 5.91 Å². The molecule has 0 unspecified atom stereocenters. The fourth-order valence-corrected chi connectivity index (χ4v) is 2.33. The maximum atomic E-state index is 12.1. The lowest BCUT2D eigenvalue weighted by Crippen LogP contribution is -2.42. The number of carbonyl (C=O) groups excluding carboxylic acids is 2. The van der Waals surface area contributed by atoms with Crippen LogP contribution in [0.25, 0.3) is 0 Å². The molecule has 1 atom stereocenters. The van der Waals surface area contributed by atoms with E-state index in [1.165, 1.54) is 6.92 Å². The highest BCUT2D eigenvalue weighted by Crippen LogP contribution is 2.22. The van der Waals surface area contributed by atoms with Crippen LogP contribution in [0.5, 0.6) is 0 Å². The third-order valence-corrected chi connectivity index (χ3v) is 3.63. The van der Waals surface area contributed by atoms with E-state index >= 15 is 0 Å². The van der Waals surface area contributed by atoms with Gasteiger partial charge in [-0.1, -0.05) is 23.7 Å². The molecular weight excluding hydrogens is 330 g/mol. The molecule has 128 valence electrons. The average molecular weight is 350 g/mol. The van der Waals surface area contributed by atoms with E-state index < -0.39 is 6.04 Å². The summed E-state index contributed by atoms with van der Waals surface area (Å²) in [7, 11) is 1.86. The number of carbonyl (C=O) groups is 2. The Morgan fingerprint density at radius 3 is 2.46 bits per heavy atom. The number of aryl methyl sites for hydroxylation is 1. The number of aromatic nitrogens is 2. The molecule has 0 aliphatic rings. The molecule has 2 rings (SSSR count). The van der Waals surface area contributed by atoms with Crippen LogP contribution >= 0.6 is 11.6 Å². The molecule has 2 aromatic rings. The van der Waals surface area contributed by atoms with Crippen molar-refractivity contribution < 1.29 is 9.59 Å². The lowest BCUT2D eigenvalue weighted by atomic mass is 10.1. The second kappa shape index (κ2) is 8.35. The summed E-state index contributed by atoms with van der Waals surface area (Å²) < 4.78 is 1.84. The SMILES string of the molecule is CC(=O)NCCNC(=O)N[C@@H](c1ccc(Cl)cc1)c1nccn1C. The molecule has 0 spiro atoms. The van der Waals surface area contributed by atoms with Gasteiger partial charge in [-0.15, -0.1) is 0 Å². The molecule has 7 nitrogen and oxygen atoms in total. The third-order valence-electron chi connectivity index (χ3n) is 3.38. The standard InChI is InChI=1S/C16H20ClN5O2/c1-11(23)18-7-8-20-16(24)21-14(15-19-9-10-22(15)2)12-3-5-13(17)6-4-12/h3-6,9-10,14H,7-8H2,1-2H3,(H,18,23)(H2,20,21,24)/t14-/m0/s1. The number of hydrogen-bond donors (Lipinski definition) is 3. The molecule has 0 aliphatic heterocycles. The van der Waals surface area contributed by atoms with Gasteiger partial charge in [0.1, 0.15) is 11.9 Å². The first-order chi connectivity index (χ1) is 11.5. The Kier molecular flexibility index (Phi) is 6.20. The predicted molar refractivity (Wildman–Crippen MR) is 91.7 cm³/mol. The second-order valence-electron chi connectivity index (χ2n) is 5.26. The maximum absolute atomic E-state index is 12.1. The Morgan fingerprint density at radius 1 is 1.21 bits per heavy atom. The largest absolute Gasteiger partial charge is 0.355 e. The minimum Gasteiger partial charge on any atom is -0.355 e. The van der Waals surface area contributed by atoms with Gasteiger partial charge in [-0.3, -0.25) is 4.79 Å². The van der Waals surface area contributed by atoms with E-state index in [0.717, 1.165) is 5.56 Å². The first kappa shape index (κ1) is 17.8. The Bertz CT molecular complexity index is 699. The smallest absolute Gasteiger partial charge is 0.315 e. The van der Waals surface area contributed by atoms with Crippen LogP contribution in [0.15, 0.2) is 36.7 Å². The van der Waals surface area contributed by atoms with Gasteiger partial charge in [-0.05, 0) is 17.7 Å². The molecule has 24 heavy (non-hydrogen) atoms. The minimum absolute atomic E-state index is 0.135. The van der Waals surface area contributed by atoms with Gasteiger partial charge < -0.3 is 20.5 Å². The van der Waals surface area contributed by atoms with E-state index in [2.05, 4.69) is 20.9 Å².